The van der Waals surface area contributed by atoms with Crippen molar-refractivity contribution in [1.82, 2.24) is 5.32 Å². The number of amides is 1. The van der Waals surface area contributed by atoms with Crippen molar-refractivity contribution in [3.05, 3.63) is 0 Å². The Hall–Kier alpha value is -1.39. The SMILES string of the molecule is COC(=O)C1CCC(C)CC1C1=NC(C)(C(C)C)C(=O)N1. The third-order valence-electron chi connectivity index (χ3n) is 5.15. The molecule has 1 aliphatic carbocycles. The van der Waals surface area contributed by atoms with Gasteiger partial charge in [0.05, 0.1) is 13.0 Å². The lowest BCUT2D eigenvalue weighted by atomic mass is 9.74. The van der Waals surface area contributed by atoms with Gasteiger partial charge >= 0.3 is 5.97 Å². The molecule has 2 rings (SSSR count). The lowest BCUT2D eigenvalue weighted by Gasteiger charge is -2.32. The summed E-state index contributed by atoms with van der Waals surface area (Å²) < 4.78 is 4.93. The van der Waals surface area contributed by atoms with E-state index < -0.39 is 5.54 Å². The van der Waals surface area contributed by atoms with Crippen molar-refractivity contribution < 1.29 is 14.3 Å². The van der Waals surface area contributed by atoms with Gasteiger partial charge in [0, 0.05) is 5.92 Å². The Morgan fingerprint density at radius 3 is 2.62 bits per heavy atom. The average Bonchev–Trinajstić information content (AvgIpc) is 2.75. The largest absolute Gasteiger partial charge is 0.469 e. The predicted octanol–water partition coefficient (Wildman–Crippen LogP) is 2.15. The summed E-state index contributed by atoms with van der Waals surface area (Å²) in [5.74, 6) is 0.842. The van der Waals surface area contributed by atoms with Crippen LogP contribution in [0.1, 0.15) is 47.0 Å². The molecule has 5 heteroatoms. The molecule has 0 aromatic heterocycles. The zero-order valence-corrected chi connectivity index (χ0v) is 13.6. The number of esters is 1. The highest BCUT2D eigenvalue weighted by Gasteiger charge is 2.46. The Labute approximate surface area is 126 Å². The summed E-state index contributed by atoms with van der Waals surface area (Å²) in [7, 11) is 1.42. The number of nitrogens with one attached hydrogen (secondary N) is 1. The Balaban J connectivity index is 2.29. The number of nitrogens with zero attached hydrogens (tertiary/aromatic N) is 1. The molecule has 1 amide bonds. The molecule has 4 unspecified atom stereocenters. The molecule has 1 saturated carbocycles. The average molecular weight is 294 g/mol. The van der Waals surface area contributed by atoms with Crippen LogP contribution in [0, 0.1) is 23.7 Å². The van der Waals surface area contributed by atoms with E-state index in [-0.39, 0.29) is 29.6 Å². The molecule has 1 fully saturated rings. The fourth-order valence-electron chi connectivity index (χ4n) is 3.26. The molecule has 21 heavy (non-hydrogen) atoms. The van der Waals surface area contributed by atoms with Crippen LogP contribution in [0.3, 0.4) is 0 Å². The second kappa shape index (κ2) is 5.78. The number of hydrogen-bond donors (Lipinski definition) is 1. The van der Waals surface area contributed by atoms with E-state index in [1.54, 1.807) is 0 Å². The zero-order valence-electron chi connectivity index (χ0n) is 13.6. The molecule has 1 aliphatic heterocycles. The number of methoxy groups -OCH3 is 1. The van der Waals surface area contributed by atoms with Crippen LogP contribution < -0.4 is 5.32 Å². The molecule has 0 radical (unpaired) electrons. The van der Waals surface area contributed by atoms with Gasteiger partial charge in [0.2, 0.25) is 0 Å². The van der Waals surface area contributed by atoms with Crippen molar-refractivity contribution in [2.45, 2.75) is 52.5 Å². The molecule has 4 atom stereocenters. The molecule has 5 nitrogen and oxygen atoms in total. The number of rotatable bonds is 3. The van der Waals surface area contributed by atoms with Crippen molar-refractivity contribution in [3.8, 4) is 0 Å². The van der Waals surface area contributed by atoms with Crippen LogP contribution in [0.15, 0.2) is 4.99 Å². The van der Waals surface area contributed by atoms with Crippen LogP contribution >= 0.6 is 0 Å². The molecular formula is C16H26N2O3. The molecule has 118 valence electrons. The second-order valence-corrected chi connectivity index (χ2v) is 6.91. The summed E-state index contributed by atoms with van der Waals surface area (Å²) in [6.45, 7) is 8.03. The Morgan fingerprint density at radius 1 is 1.43 bits per heavy atom. The summed E-state index contributed by atoms with van der Waals surface area (Å²) in [6, 6.07) is 0. The molecule has 0 aromatic carbocycles. The summed E-state index contributed by atoms with van der Waals surface area (Å²) in [5, 5.41) is 2.93. The first-order valence-corrected chi connectivity index (χ1v) is 7.78. The van der Waals surface area contributed by atoms with Gasteiger partial charge < -0.3 is 10.1 Å². The molecule has 1 N–H and O–H groups in total. The summed E-state index contributed by atoms with van der Waals surface area (Å²) in [4.78, 5) is 29.0. The molecule has 0 bridgehead atoms. The number of ether oxygens (including phenoxy) is 1. The standard InChI is InChI=1S/C16H26N2O3/c1-9(2)16(4)15(20)17-13(18-16)12-8-10(3)6-7-11(12)14(19)21-5/h9-12H,6-8H2,1-5H3,(H,17,18,20). The maximum absolute atomic E-state index is 12.3. The highest BCUT2D eigenvalue weighted by molar-refractivity contribution is 6.09. The molecule has 2 aliphatic rings. The van der Waals surface area contributed by atoms with Crippen molar-refractivity contribution in [2.75, 3.05) is 7.11 Å². The van der Waals surface area contributed by atoms with Gasteiger partial charge in [-0.25, -0.2) is 0 Å². The lowest BCUT2D eigenvalue weighted by molar-refractivity contribution is -0.148. The van der Waals surface area contributed by atoms with Crippen LogP contribution in [-0.4, -0.2) is 30.4 Å². The predicted molar refractivity (Wildman–Crippen MR) is 80.8 cm³/mol. The minimum atomic E-state index is -0.726. The first kappa shape index (κ1) is 16.0. The van der Waals surface area contributed by atoms with Gasteiger partial charge in [-0.15, -0.1) is 0 Å². The fraction of sp³-hybridized carbons (Fsp3) is 0.812. The van der Waals surface area contributed by atoms with Crippen LogP contribution in [0.4, 0.5) is 0 Å². The Morgan fingerprint density at radius 2 is 2.10 bits per heavy atom. The maximum atomic E-state index is 12.3. The molecule has 0 aromatic rings. The molecule has 0 spiro atoms. The van der Waals surface area contributed by atoms with E-state index in [4.69, 9.17) is 4.74 Å². The number of hydrogen-bond acceptors (Lipinski definition) is 4. The second-order valence-electron chi connectivity index (χ2n) is 6.91. The normalized spacial score (nSPS) is 36.4. The van der Waals surface area contributed by atoms with Gasteiger partial charge in [-0.3, -0.25) is 14.6 Å². The maximum Gasteiger partial charge on any atom is 0.309 e. The minimum Gasteiger partial charge on any atom is -0.469 e. The van der Waals surface area contributed by atoms with E-state index in [0.717, 1.165) is 19.3 Å². The van der Waals surface area contributed by atoms with Gasteiger partial charge in [0.15, 0.2) is 0 Å². The topological polar surface area (TPSA) is 67.8 Å². The van der Waals surface area contributed by atoms with Gasteiger partial charge in [0.25, 0.3) is 5.91 Å². The van der Waals surface area contributed by atoms with E-state index in [9.17, 15) is 9.59 Å². The quantitative estimate of drug-likeness (QED) is 0.811. The highest BCUT2D eigenvalue weighted by atomic mass is 16.5. The summed E-state index contributed by atoms with van der Waals surface area (Å²) >= 11 is 0. The van der Waals surface area contributed by atoms with Gasteiger partial charge in [-0.1, -0.05) is 20.8 Å². The highest BCUT2D eigenvalue weighted by Crippen LogP contribution is 2.37. The lowest BCUT2D eigenvalue weighted by Crippen LogP contribution is -2.44. The number of amidine groups is 1. The van der Waals surface area contributed by atoms with Crippen LogP contribution in [0.25, 0.3) is 0 Å². The van der Waals surface area contributed by atoms with Crippen LogP contribution in [0.5, 0.6) is 0 Å². The first-order valence-electron chi connectivity index (χ1n) is 7.78. The smallest absolute Gasteiger partial charge is 0.309 e. The van der Waals surface area contributed by atoms with Crippen LogP contribution in [-0.2, 0) is 14.3 Å². The van der Waals surface area contributed by atoms with Gasteiger partial charge in [0.1, 0.15) is 11.4 Å². The Bertz CT molecular complexity index is 472. The molecule has 0 saturated heterocycles. The fourth-order valence-corrected chi connectivity index (χ4v) is 3.26. The van der Waals surface area contributed by atoms with E-state index in [1.807, 2.05) is 20.8 Å². The zero-order chi connectivity index (χ0) is 15.8. The third-order valence-corrected chi connectivity index (χ3v) is 5.15. The molecular weight excluding hydrogens is 268 g/mol. The van der Waals surface area contributed by atoms with E-state index in [1.165, 1.54) is 7.11 Å². The number of carbonyl (C=O) groups excluding carboxylic acids is 2. The Kier molecular flexibility index (Phi) is 4.40. The van der Waals surface area contributed by atoms with Crippen molar-refractivity contribution in [3.63, 3.8) is 0 Å². The first-order chi connectivity index (χ1) is 9.79. The van der Waals surface area contributed by atoms with Crippen molar-refractivity contribution in [2.24, 2.45) is 28.7 Å². The van der Waals surface area contributed by atoms with Gasteiger partial charge in [-0.2, -0.15) is 0 Å². The van der Waals surface area contributed by atoms with Gasteiger partial charge in [-0.05, 0) is 38.0 Å². The van der Waals surface area contributed by atoms with Crippen molar-refractivity contribution >= 4 is 17.7 Å². The van der Waals surface area contributed by atoms with E-state index in [0.29, 0.717) is 11.8 Å². The minimum absolute atomic E-state index is 0.0364. The van der Waals surface area contributed by atoms with Crippen molar-refractivity contribution in [1.29, 1.82) is 0 Å². The number of aliphatic imine (C=N–C) groups is 1. The monoisotopic (exact) mass is 294 g/mol. The summed E-state index contributed by atoms with van der Waals surface area (Å²) in [5.41, 5.74) is -0.726. The van der Waals surface area contributed by atoms with E-state index >= 15 is 0 Å². The summed E-state index contributed by atoms with van der Waals surface area (Å²) in [6.07, 6.45) is 2.68. The number of carbonyl (C=O) groups is 2. The third kappa shape index (κ3) is 2.83. The van der Waals surface area contributed by atoms with E-state index in [2.05, 4.69) is 17.2 Å². The molecule has 1 heterocycles. The van der Waals surface area contributed by atoms with Crippen LogP contribution in [0.2, 0.25) is 0 Å².